The molecule has 0 radical (unpaired) electrons. The van der Waals surface area contributed by atoms with Crippen molar-refractivity contribution < 1.29 is 23.8 Å². The number of likely N-dealkylation sites (tertiary alicyclic amines) is 1. The largest absolute Gasteiger partial charge is 0.493 e. The molecule has 33 heavy (non-hydrogen) atoms. The standard InChI is InChI=1S/C26H24N2O5/c1-31-24-16-18(8-11-23(24)32-15-14-27-12-5-13-27)28-25(29)21-10-9-20(17-22(21)26(28)30)33-19-6-3-2-4-7-19/h2-4,6-11,16-17H,5,12-15H2,1H3. The molecule has 2 heterocycles. The van der Waals surface area contributed by atoms with E-state index in [9.17, 15) is 9.59 Å². The van der Waals surface area contributed by atoms with Gasteiger partial charge in [0.05, 0.1) is 23.9 Å². The van der Waals surface area contributed by atoms with Gasteiger partial charge < -0.3 is 14.2 Å². The first-order chi connectivity index (χ1) is 16.1. The van der Waals surface area contributed by atoms with Crippen LogP contribution in [0.4, 0.5) is 5.69 Å². The number of methoxy groups -OCH3 is 1. The fraction of sp³-hybridized carbons (Fsp3) is 0.231. The van der Waals surface area contributed by atoms with Crippen molar-refractivity contribution in [2.24, 2.45) is 0 Å². The number of nitrogens with zero attached hydrogens (tertiary/aromatic N) is 2. The molecule has 2 aliphatic heterocycles. The molecule has 0 aliphatic carbocycles. The van der Waals surface area contributed by atoms with Crippen molar-refractivity contribution in [3.05, 3.63) is 77.9 Å². The molecule has 0 unspecified atom stereocenters. The summed E-state index contributed by atoms with van der Waals surface area (Å²) < 4.78 is 17.2. The highest BCUT2D eigenvalue weighted by Crippen LogP contribution is 2.36. The fourth-order valence-corrected chi connectivity index (χ4v) is 3.95. The van der Waals surface area contributed by atoms with Crippen molar-refractivity contribution in [1.29, 1.82) is 0 Å². The number of para-hydroxylation sites is 1. The third kappa shape index (κ3) is 4.15. The van der Waals surface area contributed by atoms with Crippen molar-refractivity contribution in [2.75, 3.05) is 38.3 Å². The van der Waals surface area contributed by atoms with E-state index in [2.05, 4.69) is 4.90 Å². The average Bonchev–Trinajstić information content (AvgIpc) is 3.05. The van der Waals surface area contributed by atoms with Gasteiger partial charge in [0.15, 0.2) is 11.5 Å². The number of anilines is 1. The molecule has 0 spiro atoms. The van der Waals surface area contributed by atoms with Gasteiger partial charge in [-0.2, -0.15) is 0 Å². The summed E-state index contributed by atoms with van der Waals surface area (Å²) in [5.41, 5.74) is 1.08. The average molecular weight is 444 g/mol. The first-order valence-corrected chi connectivity index (χ1v) is 10.9. The van der Waals surface area contributed by atoms with Crippen LogP contribution in [-0.2, 0) is 0 Å². The topological polar surface area (TPSA) is 68.3 Å². The van der Waals surface area contributed by atoms with Crippen LogP contribution in [0.1, 0.15) is 27.1 Å². The number of carbonyl (C=O) groups excluding carboxylic acids is 2. The Hall–Kier alpha value is -3.84. The van der Waals surface area contributed by atoms with Gasteiger partial charge in [-0.25, -0.2) is 4.90 Å². The molecular formula is C26H24N2O5. The summed E-state index contributed by atoms with van der Waals surface area (Å²) in [5.74, 6) is 1.42. The maximum Gasteiger partial charge on any atom is 0.266 e. The molecule has 168 valence electrons. The number of rotatable bonds is 8. The third-order valence-electron chi connectivity index (χ3n) is 5.86. The number of hydrogen-bond donors (Lipinski definition) is 0. The Morgan fingerprint density at radius 1 is 0.818 bits per heavy atom. The van der Waals surface area contributed by atoms with Gasteiger partial charge in [-0.05, 0) is 62.0 Å². The van der Waals surface area contributed by atoms with Gasteiger partial charge in [0.25, 0.3) is 11.8 Å². The van der Waals surface area contributed by atoms with Crippen LogP contribution >= 0.6 is 0 Å². The second-order valence-corrected chi connectivity index (χ2v) is 7.95. The van der Waals surface area contributed by atoms with Crippen LogP contribution in [0.2, 0.25) is 0 Å². The van der Waals surface area contributed by atoms with E-state index in [0.717, 1.165) is 24.5 Å². The Kier molecular flexibility index (Phi) is 5.71. The number of ether oxygens (including phenoxy) is 3. The Balaban J connectivity index is 1.35. The van der Waals surface area contributed by atoms with Crippen LogP contribution in [0.3, 0.4) is 0 Å². The second kappa shape index (κ2) is 8.96. The summed E-state index contributed by atoms with van der Waals surface area (Å²) in [6.45, 7) is 3.62. The Bertz CT molecular complexity index is 1190. The molecule has 0 saturated carbocycles. The first-order valence-electron chi connectivity index (χ1n) is 10.9. The predicted octanol–water partition coefficient (Wildman–Crippen LogP) is 4.37. The van der Waals surface area contributed by atoms with Gasteiger partial charge in [-0.1, -0.05) is 18.2 Å². The highest BCUT2D eigenvalue weighted by molar-refractivity contribution is 6.34. The molecule has 0 aromatic heterocycles. The second-order valence-electron chi connectivity index (χ2n) is 7.95. The van der Waals surface area contributed by atoms with Crippen molar-refractivity contribution in [2.45, 2.75) is 6.42 Å². The SMILES string of the molecule is COc1cc(N2C(=O)c3ccc(Oc4ccccc4)cc3C2=O)ccc1OCCN1CCC1. The minimum absolute atomic E-state index is 0.308. The number of carbonyl (C=O) groups is 2. The van der Waals surface area contributed by atoms with Crippen LogP contribution in [0, 0.1) is 0 Å². The van der Waals surface area contributed by atoms with Gasteiger partial charge in [0.2, 0.25) is 0 Å². The highest BCUT2D eigenvalue weighted by atomic mass is 16.5. The zero-order valence-corrected chi connectivity index (χ0v) is 18.3. The Morgan fingerprint density at radius 2 is 1.61 bits per heavy atom. The van der Waals surface area contributed by atoms with E-state index in [1.807, 2.05) is 30.3 Å². The molecule has 0 N–H and O–H groups in total. The number of benzene rings is 3. The minimum Gasteiger partial charge on any atom is -0.493 e. The maximum atomic E-state index is 13.2. The van der Waals surface area contributed by atoms with Crippen LogP contribution in [0.15, 0.2) is 66.7 Å². The van der Waals surface area contributed by atoms with Gasteiger partial charge in [-0.15, -0.1) is 0 Å². The van der Waals surface area contributed by atoms with Crippen molar-refractivity contribution in [3.8, 4) is 23.0 Å². The number of imide groups is 1. The van der Waals surface area contributed by atoms with E-state index in [-0.39, 0.29) is 5.91 Å². The normalized spacial score (nSPS) is 15.2. The number of fused-ring (bicyclic) bond motifs is 1. The predicted molar refractivity (Wildman–Crippen MR) is 124 cm³/mol. The Labute approximate surface area is 192 Å². The molecule has 0 atom stereocenters. The molecule has 7 heteroatoms. The molecule has 1 saturated heterocycles. The molecule has 0 bridgehead atoms. The van der Waals surface area contributed by atoms with Crippen molar-refractivity contribution in [3.63, 3.8) is 0 Å². The van der Waals surface area contributed by atoms with Gasteiger partial charge in [0.1, 0.15) is 18.1 Å². The summed E-state index contributed by atoms with van der Waals surface area (Å²) >= 11 is 0. The van der Waals surface area contributed by atoms with E-state index in [1.165, 1.54) is 13.5 Å². The lowest BCUT2D eigenvalue weighted by atomic mass is 10.1. The van der Waals surface area contributed by atoms with Gasteiger partial charge in [0, 0.05) is 12.6 Å². The zero-order chi connectivity index (χ0) is 22.8. The summed E-state index contributed by atoms with van der Waals surface area (Å²) in [4.78, 5) is 29.7. The summed E-state index contributed by atoms with van der Waals surface area (Å²) in [6, 6.07) is 19.3. The smallest absolute Gasteiger partial charge is 0.266 e. The maximum absolute atomic E-state index is 13.2. The molecule has 2 amide bonds. The quantitative estimate of drug-likeness (QED) is 0.481. The number of hydrogen-bond acceptors (Lipinski definition) is 6. The molecule has 3 aromatic carbocycles. The van der Waals surface area contributed by atoms with Crippen LogP contribution in [0.5, 0.6) is 23.0 Å². The molecular weight excluding hydrogens is 420 g/mol. The monoisotopic (exact) mass is 444 g/mol. The number of amides is 2. The van der Waals surface area contributed by atoms with Crippen molar-refractivity contribution >= 4 is 17.5 Å². The van der Waals surface area contributed by atoms with E-state index in [1.54, 1.807) is 36.4 Å². The zero-order valence-electron chi connectivity index (χ0n) is 18.3. The van der Waals surface area contributed by atoms with Gasteiger partial charge >= 0.3 is 0 Å². The third-order valence-corrected chi connectivity index (χ3v) is 5.86. The van der Waals surface area contributed by atoms with E-state index in [4.69, 9.17) is 14.2 Å². The molecule has 7 nitrogen and oxygen atoms in total. The van der Waals surface area contributed by atoms with E-state index in [0.29, 0.717) is 46.4 Å². The lowest BCUT2D eigenvalue weighted by molar-refractivity contribution is 0.0926. The lowest BCUT2D eigenvalue weighted by Gasteiger charge is -2.30. The lowest BCUT2D eigenvalue weighted by Crippen LogP contribution is -2.39. The van der Waals surface area contributed by atoms with Crippen LogP contribution in [0.25, 0.3) is 0 Å². The van der Waals surface area contributed by atoms with Crippen LogP contribution < -0.4 is 19.1 Å². The van der Waals surface area contributed by atoms with Crippen molar-refractivity contribution in [1.82, 2.24) is 4.90 Å². The molecule has 1 fully saturated rings. The molecule has 3 aromatic rings. The minimum atomic E-state index is -0.401. The highest BCUT2D eigenvalue weighted by Gasteiger charge is 2.37. The molecule has 2 aliphatic rings. The van der Waals surface area contributed by atoms with E-state index < -0.39 is 5.91 Å². The summed E-state index contributed by atoms with van der Waals surface area (Å²) in [7, 11) is 1.54. The Morgan fingerprint density at radius 3 is 2.33 bits per heavy atom. The first kappa shape index (κ1) is 21.0. The summed E-state index contributed by atoms with van der Waals surface area (Å²) in [6.07, 6.45) is 1.23. The summed E-state index contributed by atoms with van der Waals surface area (Å²) in [5, 5.41) is 0. The van der Waals surface area contributed by atoms with Gasteiger partial charge in [-0.3, -0.25) is 14.5 Å². The van der Waals surface area contributed by atoms with E-state index >= 15 is 0 Å². The molecule has 5 rings (SSSR count). The fourth-order valence-electron chi connectivity index (χ4n) is 3.95. The van der Waals surface area contributed by atoms with Crippen LogP contribution in [-0.4, -0.2) is 50.1 Å².